The molecule has 7 heterocycles. The normalized spacial score (nSPS) is 24.2. The number of halogens is 1. The number of aliphatic hydroxyl groups is 1. The number of rotatable bonds is 13. The number of ether oxygens (including phenoxy) is 1. The SMILES string of the molecule is Cc1ncsc1-c1ccc([C@H](CN2CCOCC2)NC(=O)[C@@H]2C[C@@H](O)CN2C(=O)[C@H](C2CCCCC2)n2cc(C3CCC(CN4CCC(c5ccc6c(c5)-n5c(nc(=O)c7c(Cl)cccc75)C6(C)C)CC4)CC3)nn2)cc1. The van der Waals surface area contributed by atoms with Crippen LogP contribution in [0.5, 0.6) is 0 Å². The fraction of sp³-hybridized carbons (Fsp3) is 0.550. The summed E-state index contributed by atoms with van der Waals surface area (Å²) >= 11 is 8.19. The predicted molar refractivity (Wildman–Crippen MR) is 300 cm³/mol. The lowest BCUT2D eigenvalue weighted by Crippen LogP contribution is -2.51. The van der Waals surface area contributed by atoms with Crippen LogP contribution in [-0.2, 0) is 19.7 Å². The number of aromatic nitrogens is 6. The van der Waals surface area contributed by atoms with Crippen molar-refractivity contribution < 1.29 is 19.4 Å². The Balaban J connectivity index is 0.686. The third kappa shape index (κ3) is 10.4. The van der Waals surface area contributed by atoms with Crippen molar-refractivity contribution in [2.75, 3.05) is 59.0 Å². The smallest absolute Gasteiger partial charge is 0.282 e. The van der Waals surface area contributed by atoms with Crippen molar-refractivity contribution in [1.29, 1.82) is 0 Å². The highest BCUT2D eigenvalue weighted by Gasteiger charge is 2.45. The Bertz CT molecular complexity index is 3170. The highest BCUT2D eigenvalue weighted by molar-refractivity contribution is 7.13. The number of aryl methyl sites for hydroxylation is 1. The Kier molecular flexibility index (Phi) is 15.0. The van der Waals surface area contributed by atoms with Crippen LogP contribution in [0.25, 0.3) is 27.0 Å². The van der Waals surface area contributed by atoms with Gasteiger partial charge >= 0.3 is 0 Å². The average Bonchev–Trinajstić information content (AvgIpc) is 4.46. The molecule has 12 rings (SSSR count). The molecule has 0 spiro atoms. The van der Waals surface area contributed by atoms with Gasteiger partial charge in [-0.05, 0) is 143 Å². The van der Waals surface area contributed by atoms with Gasteiger partial charge in [0.1, 0.15) is 17.9 Å². The Labute approximate surface area is 460 Å². The molecule has 5 fully saturated rings. The molecule has 6 aromatic rings. The number of carbonyl (C=O) groups is 2. The topological polar surface area (TPSA) is 164 Å². The number of hydrogen-bond acceptors (Lipinski definition) is 12. The number of morpholine rings is 1. The first-order valence-corrected chi connectivity index (χ1v) is 29.7. The summed E-state index contributed by atoms with van der Waals surface area (Å²) in [5, 5.41) is 25.0. The monoisotopic (exact) mass is 1080 g/mol. The summed E-state index contributed by atoms with van der Waals surface area (Å²) < 4.78 is 9.65. The van der Waals surface area contributed by atoms with E-state index in [-0.39, 0.29) is 48.2 Å². The molecular weight excluding hydrogens is 1010 g/mol. The fourth-order valence-corrected chi connectivity index (χ4v) is 15.1. The second-order valence-electron chi connectivity index (χ2n) is 23.6. The van der Waals surface area contributed by atoms with Crippen molar-refractivity contribution in [3.63, 3.8) is 0 Å². The molecule has 4 atom stereocenters. The number of β-amino-alcohol motifs (C(OH)–C–C–N with tert-alkyl or cyclic N) is 1. The Hall–Kier alpha value is -5.36. The molecule has 0 bridgehead atoms. The highest BCUT2D eigenvalue weighted by Crippen LogP contribution is 2.46. The first-order valence-electron chi connectivity index (χ1n) is 28.5. The lowest BCUT2D eigenvalue weighted by atomic mass is 9.79. The molecular formula is C60H73ClN10O5S. The van der Waals surface area contributed by atoms with Gasteiger partial charge in [0.15, 0.2) is 0 Å². The number of nitrogens with one attached hydrogen (secondary N) is 1. The van der Waals surface area contributed by atoms with Gasteiger partial charge in [0.05, 0.1) is 74.2 Å². The third-order valence-corrected chi connectivity index (χ3v) is 19.7. The molecule has 2 N–H and O–H groups in total. The molecule has 17 heteroatoms. The minimum absolute atomic E-state index is 0.0674. The number of nitrogens with zero attached hydrogens (tertiary/aromatic N) is 9. The highest BCUT2D eigenvalue weighted by atomic mass is 35.5. The zero-order valence-electron chi connectivity index (χ0n) is 44.8. The lowest BCUT2D eigenvalue weighted by Gasteiger charge is -2.36. The fourth-order valence-electron chi connectivity index (χ4n) is 14.0. The van der Waals surface area contributed by atoms with Crippen LogP contribution >= 0.6 is 22.9 Å². The number of likely N-dealkylation sites (tertiary alicyclic amines) is 2. The first-order chi connectivity index (χ1) is 37.4. The van der Waals surface area contributed by atoms with Gasteiger partial charge in [0, 0.05) is 51.3 Å². The molecule has 3 saturated heterocycles. The quantitative estimate of drug-likeness (QED) is 0.113. The number of carbonyl (C=O) groups excluding carboxylic acids is 2. The van der Waals surface area contributed by atoms with Crippen LogP contribution in [0.2, 0.25) is 5.02 Å². The molecule has 4 aliphatic heterocycles. The maximum atomic E-state index is 15.1. The van der Waals surface area contributed by atoms with Crippen molar-refractivity contribution >= 4 is 45.7 Å². The van der Waals surface area contributed by atoms with Gasteiger partial charge < -0.3 is 25.0 Å². The number of fused-ring (bicyclic) bond motifs is 5. The number of hydrogen-bond donors (Lipinski definition) is 2. The van der Waals surface area contributed by atoms with E-state index in [9.17, 15) is 14.7 Å². The van der Waals surface area contributed by atoms with E-state index in [1.807, 2.05) is 35.4 Å². The standard InChI is InChI=1S/C60H73ClN10O5S/c1-37-55(77-36-62-37)43-18-16-40(17-19-43)48(34-68-26-28-76-29-27-68)63-56(73)52-31-45(72)33-69(52)58(75)54(42-8-5-4-6-9-42)70-35-49(65-66-70)41-14-12-38(13-15-41)32-67-24-22-39(23-25-67)44-20-21-46-51(30-44)71-50-11-7-10-47(61)53(50)57(74)64-59(71)60(46,2)3/h7,10-11,16-21,30,35-36,38-39,41-42,45,48,52,54,72H,4-6,8-9,12-15,22-29,31-34H2,1-3H3,(H,63,73)/t38?,41?,45-,48+,52+,54+/m1/s1. The van der Waals surface area contributed by atoms with E-state index in [2.05, 4.69) is 86.0 Å². The van der Waals surface area contributed by atoms with Crippen molar-refractivity contribution in [2.24, 2.45) is 11.8 Å². The van der Waals surface area contributed by atoms with E-state index in [1.165, 1.54) is 11.1 Å². The molecule has 77 heavy (non-hydrogen) atoms. The summed E-state index contributed by atoms with van der Waals surface area (Å²) in [6, 6.07) is 19.2. The average molecular weight is 1080 g/mol. The molecule has 2 aliphatic carbocycles. The summed E-state index contributed by atoms with van der Waals surface area (Å²) in [5.74, 6) is 1.79. The van der Waals surface area contributed by atoms with E-state index < -0.39 is 23.6 Å². The first kappa shape index (κ1) is 52.3. The summed E-state index contributed by atoms with van der Waals surface area (Å²) in [6.45, 7) is 13.1. The summed E-state index contributed by atoms with van der Waals surface area (Å²) in [5.41, 5.74) is 9.64. The van der Waals surface area contributed by atoms with E-state index in [0.29, 0.717) is 42.0 Å². The van der Waals surface area contributed by atoms with Gasteiger partial charge in [-0.25, -0.2) is 9.67 Å². The van der Waals surface area contributed by atoms with Crippen LogP contribution in [0.15, 0.2) is 77.2 Å². The summed E-state index contributed by atoms with van der Waals surface area (Å²) in [4.78, 5) is 59.8. The maximum Gasteiger partial charge on any atom is 0.282 e. The molecule has 2 saturated carbocycles. The van der Waals surface area contributed by atoms with E-state index in [4.69, 9.17) is 26.6 Å². The minimum atomic E-state index is -0.808. The number of aliphatic hydroxyl groups excluding tert-OH is 1. The van der Waals surface area contributed by atoms with E-state index in [1.54, 1.807) is 22.3 Å². The molecule has 3 aromatic heterocycles. The van der Waals surface area contributed by atoms with E-state index >= 15 is 4.79 Å². The van der Waals surface area contributed by atoms with Gasteiger partial charge in [-0.3, -0.25) is 23.9 Å². The molecule has 2 amide bonds. The van der Waals surface area contributed by atoms with Crippen LogP contribution in [0.1, 0.15) is 149 Å². The van der Waals surface area contributed by atoms with Gasteiger partial charge in [0.2, 0.25) is 11.8 Å². The number of benzene rings is 3. The second-order valence-corrected chi connectivity index (χ2v) is 24.9. The predicted octanol–water partition coefficient (Wildman–Crippen LogP) is 9.13. The molecule has 406 valence electrons. The zero-order valence-corrected chi connectivity index (χ0v) is 46.4. The van der Waals surface area contributed by atoms with Crippen LogP contribution < -0.4 is 10.9 Å². The van der Waals surface area contributed by atoms with Crippen LogP contribution in [0, 0.1) is 18.8 Å². The Morgan fingerprint density at radius 1 is 0.909 bits per heavy atom. The van der Waals surface area contributed by atoms with Gasteiger partial charge in [-0.15, -0.1) is 16.4 Å². The Morgan fingerprint density at radius 2 is 1.68 bits per heavy atom. The van der Waals surface area contributed by atoms with Crippen LogP contribution in [0.4, 0.5) is 0 Å². The minimum Gasteiger partial charge on any atom is -0.391 e. The van der Waals surface area contributed by atoms with Crippen molar-refractivity contribution in [2.45, 2.75) is 139 Å². The Morgan fingerprint density at radius 3 is 2.42 bits per heavy atom. The molecule has 0 unspecified atom stereocenters. The van der Waals surface area contributed by atoms with Crippen molar-refractivity contribution in [3.8, 4) is 16.1 Å². The van der Waals surface area contributed by atoms with Gasteiger partial charge in [-0.1, -0.05) is 78.5 Å². The van der Waals surface area contributed by atoms with Crippen molar-refractivity contribution in [3.05, 3.63) is 122 Å². The molecule has 15 nitrogen and oxygen atoms in total. The molecule has 6 aliphatic rings. The van der Waals surface area contributed by atoms with Crippen molar-refractivity contribution in [1.82, 2.24) is 49.5 Å². The lowest BCUT2D eigenvalue weighted by molar-refractivity contribution is -0.143. The largest absolute Gasteiger partial charge is 0.391 e. The summed E-state index contributed by atoms with van der Waals surface area (Å²) in [7, 11) is 0. The number of thiazole rings is 1. The number of piperidine rings is 1. The van der Waals surface area contributed by atoms with Crippen LogP contribution in [0.3, 0.4) is 0 Å². The van der Waals surface area contributed by atoms with Crippen LogP contribution in [-0.4, -0.2) is 132 Å². The van der Waals surface area contributed by atoms with Gasteiger partial charge in [0.25, 0.3) is 5.56 Å². The van der Waals surface area contributed by atoms with E-state index in [0.717, 1.165) is 148 Å². The third-order valence-electron chi connectivity index (χ3n) is 18.4. The maximum absolute atomic E-state index is 15.1. The van der Waals surface area contributed by atoms with Gasteiger partial charge in [-0.2, -0.15) is 4.98 Å². The number of amides is 2. The molecule has 3 aromatic carbocycles. The second kappa shape index (κ2) is 22.1. The molecule has 0 radical (unpaired) electrons. The zero-order chi connectivity index (χ0) is 53.0. The summed E-state index contributed by atoms with van der Waals surface area (Å²) in [6.07, 6.45) is 13.0.